The van der Waals surface area contributed by atoms with Crippen molar-refractivity contribution in [1.82, 2.24) is 9.97 Å². The Hall–Kier alpha value is -2.62. The standard InChI is InChI=1S/C9H14.C8H8N4/c1-3-5-7-9-8-6-4-2;9-7(10)8-11-5-3-1-2-4-6(5)12-8/h3-7H,1,8-9H2,2H3;1-4H,(H3,9,10)(H,11,12)/b6-4+,7-5-;. The number of hydrogen-bond donors (Lipinski definition) is 3. The summed E-state index contributed by atoms with van der Waals surface area (Å²) in [6, 6.07) is 7.57. The number of nitrogens with one attached hydrogen (secondary N) is 2. The monoisotopic (exact) mass is 282 g/mol. The van der Waals surface area contributed by atoms with Crippen LogP contribution >= 0.6 is 0 Å². The number of aromatic amines is 1. The molecule has 2 aromatic rings. The molecule has 1 heterocycles. The van der Waals surface area contributed by atoms with E-state index >= 15 is 0 Å². The lowest BCUT2D eigenvalue weighted by molar-refractivity contribution is 1.05. The van der Waals surface area contributed by atoms with Gasteiger partial charge in [0.1, 0.15) is 0 Å². The predicted octanol–water partition coefficient (Wildman–Crippen LogP) is 3.93. The maximum Gasteiger partial charge on any atom is 0.173 e. The van der Waals surface area contributed by atoms with Gasteiger partial charge in [-0.25, -0.2) is 4.98 Å². The van der Waals surface area contributed by atoms with Crippen LogP contribution in [0.3, 0.4) is 0 Å². The molecule has 0 bridgehead atoms. The minimum absolute atomic E-state index is 0.0359. The molecule has 0 radical (unpaired) electrons. The fourth-order valence-corrected chi connectivity index (χ4v) is 1.63. The van der Waals surface area contributed by atoms with Gasteiger partial charge in [0.05, 0.1) is 11.0 Å². The molecule has 0 aliphatic heterocycles. The van der Waals surface area contributed by atoms with Crippen molar-refractivity contribution in [2.75, 3.05) is 0 Å². The lowest BCUT2D eigenvalue weighted by Gasteiger charge is -1.85. The Balaban J connectivity index is 0.000000222. The Bertz CT molecular complexity index is 602. The molecule has 0 fully saturated rings. The SMILES string of the molecule is C=C/C=C\CC/C=C/C.N=C(N)c1nc2ccccc2[nH]1. The van der Waals surface area contributed by atoms with Crippen LogP contribution in [0.4, 0.5) is 0 Å². The lowest BCUT2D eigenvalue weighted by Crippen LogP contribution is -2.12. The van der Waals surface area contributed by atoms with E-state index in [0.717, 1.165) is 23.9 Å². The Morgan fingerprint density at radius 2 is 2.05 bits per heavy atom. The van der Waals surface area contributed by atoms with Gasteiger partial charge in [-0.3, -0.25) is 5.41 Å². The van der Waals surface area contributed by atoms with Crippen molar-refractivity contribution >= 4 is 16.9 Å². The second-order valence-corrected chi connectivity index (χ2v) is 4.33. The first-order valence-corrected chi connectivity index (χ1v) is 6.87. The van der Waals surface area contributed by atoms with Crippen molar-refractivity contribution in [2.24, 2.45) is 5.73 Å². The number of unbranched alkanes of at least 4 members (excludes halogenated alkanes) is 1. The molecule has 2 rings (SSSR count). The number of imidazole rings is 1. The number of hydrogen-bond acceptors (Lipinski definition) is 2. The van der Waals surface area contributed by atoms with Gasteiger partial charge in [-0.1, -0.05) is 49.1 Å². The molecule has 110 valence electrons. The van der Waals surface area contributed by atoms with Crippen molar-refractivity contribution < 1.29 is 0 Å². The van der Waals surface area contributed by atoms with Crippen LogP contribution in [0.5, 0.6) is 0 Å². The maximum atomic E-state index is 7.15. The number of rotatable bonds is 5. The highest BCUT2D eigenvalue weighted by molar-refractivity contribution is 5.94. The minimum atomic E-state index is -0.0359. The number of nitrogens with two attached hydrogens (primary N) is 1. The summed E-state index contributed by atoms with van der Waals surface area (Å²) in [5, 5.41) is 7.15. The van der Waals surface area contributed by atoms with E-state index in [1.165, 1.54) is 0 Å². The number of fused-ring (bicyclic) bond motifs is 1. The molecule has 0 spiro atoms. The molecule has 21 heavy (non-hydrogen) atoms. The van der Waals surface area contributed by atoms with Crippen molar-refractivity contribution in [3.63, 3.8) is 0 Å². The number of allylic oxidation sites excluding steroid dienone is 5. The predicted molar refractivity (Wildman–Crippen MR) is 90.5 cm³/mol. The maximum absolute atomic E-state index is 7.15. The number of amidine groups is 1. The van der Waals surface area contributed by atoms with E-state index in [4.69, 9.17) is 11.1 Å². The molecule has 1 aromatic carbocycles. The van der Waals surface area contributed by atoms with Crippen LogP contribution in [0.1, 0.15) is 25.6 Å². The largest absolute Gasteiger partial charge is 0.381 e. The fourth-order valence-electron chi connectivity index (χ4n) is 1.63. The summed E-state index contributed by atoms with van der Waals surface area (Å²) in [4.78, 5) is 7.04. The van der Waals surface area contributed by atoms with Gasteiger partial charge >= 0.3 is 0 Å². The van der Waals surface area contributed by atoms with Gasteiger partial charge in [-0.15, -0.1) is 0 Å². The smallest absolute Gasteiger partial charge is 0.173 e. The molecule has 4 heteroatoms. The number of benzene rings is 1. The van der Waals surface area contributed by atoms with E-state index in [9.17, 15) is 0 Å². The van der Waals surface area contributed by atoms with E-state index in [2.05, 4.69) is 34.8 Å². The Kier molecular flexibility index (Phi) is 7.29. The van der Waals surface area contributed by atoms with Crippen LogP contribution in [0.15, 0.2) is 61.2 Å². The van der Waals surface area contributed by atoms with Crippen molar-refractivity contribution in [2.45, 2.75) is 19.8 Å². The average molecular weight is 282 g/mol. The van der Waals surface area contributed by atoms with Gasteiger partial charge in [0, 0.05) is 0 Å². The first-order valence-electron chi connectivity index (χ1n) is 6.87. The Labute approximate surface area is 125 Å². The molecule has 0 unspecified atom stereocenters. The zero-order chi connectivity index (χ0) is 15.5. The van der Waals surface area contributed by atoms with Crippen LogP contribution in [0.25, 0.3) is 11.0 Å². The zero-order valence-electron chi connectivity index (χ0n) is 12.3. The normalized spacial score (nSPS) is 10.7. The second kappa shape index (κ2) is 9.31. The van der Waals surface area contributed by atoms with Gasteiger partial charge < -0.3 is 10.7 Å². The molecular weight excluding hydrogens is 260 g/mol. The highest BCUT2D eigenvalue weighted by Crippen LogP contribution is 2.09. The molecule has 0 aliphatic carbocycles. The summed E-state index contributed by atoms with van der Waals surface area (Å²) in [7, 11) is 0. The van der Waals surface area contributed by atoms with Gasteiger partial charge in [0.15, 0.2) is 11.7 Å². The van der Waals surface area contributed by atoms with E-state index in [1.807, 2.05) is 37.3 Å². The molecule has 0 atom stereocenters. The Morgan fingerprint density at radius 1 is 1.33 bits per heavy atom. The Morgan fingerprint density at radius 3 is 2.67 bits per heavy atom. The summed E-state index contributed by atoms with van der Waals surface area (Å²) in [6.45, 7) is 5.61. The number of H-pyrrole nitrogens is 1. The summed E-state index contributed by atoms with van der Waals surface area (Å²) >= 11 is 0. The highest BCUT2D eigenvalue weighted by atomic mass is 15.0. The quantitative estimate of drug-likeness (QED) is 0.255. The fraction of sp³-hybridized carbons (Fsp3) is 0.176. The molecular formula is C17H22N4. The summed E-state index contributed by atoms with van der Waals surface area (Å²) < 4.78 is 0. The van der Waals surface area contributed by atoms with E-state index < -0.39 is 0 Å². The summed E-state index contributed by atoms with van der Waals surface area (Å²) in [5.41, 5.74) is 7.01. The lowest BCUT2D eigenvalue weighted by atomic mass is 10.3. The first kappa shape index (κ1) is 16.4. The third kappa shape index (κ3) is 5.91. The van der Waals surface area contributed by atoms with Crippen molar-refractivity contribution in [1.29, 1.82) is 5.41 Å². The van der Waals surface area contributed by atoms with E-state index in [-0.39, 0.29) is 5.84 Å². The van der Waals surface area contributed by atoms with Crippen molar-refractivity contribution in [3.8, 4) is 0 Å². The van der Waals surface area contributed by atoms with Crippen LogP contribution < -0.4 is 5.73 Å². The van der Waals surface area contributed by atoms with Crippen molar-refractivity contribution in [3.05, 3.63) is 67.0 Å². The second-order valence-electron chi connectivity index (χ2n) is 4.33. The van der Waals surface area contributed by atoms with Gasteiger partial charge in [-0.05, 0) is 31.9 Å². The first-order chi connectivity index (χ1) is 10.2. The average Bonchev–Trinajstić information content (AvgIpc) is 2.92. The third-order valence-electron chi connectivity index (χ3n) is 2.65. The number of nitrogen functional groups attached to an aromatic ring is 1. The molecule has 0 aliphatic rings. The van der Waals surface area contributed by atoms with Gasteiger partial charge in [0.2, 0.25) is 0 Å². The summed E-state index contributed by atoms with van der Waals surface area (Å²) in [5.74, 6) is 0.391. The minimum Gasteiger partial charge on any atom is -0.381 e. The van der Waals surface area contributed by atoms with E-state index in [0.29, 0.717) is 5.82 Å². The number of aromatic nitrogens is 2. The van der Waals surface area contributed by atoms with Gasteiger partial charge in [-0.2, -0.15) is 0 Å². The van der Waals surface area contributed by atoms with Gasteiger partial charge in [0.25, 0.3) is 0 Å². The molecule has 4 N–H and O–H groups in total. The highest BCUT2D eigenvalue weighted by Gasteiger charge is 2.02. The third-order valence-corrected chi connectivity index (χ3v) is 2.65. The summed E-state index contributed by atoms with van der Waals surface area (Å²) in [6.07, 6.45) is 12.4. The molecule has 4 nitrogen and oxygen atoms in total. The van der Waals surface area contributed by atoms with E-state index in [1.54, 1.807) is 6.08 Å². The zero-order valence-corrected chi connectivity index (χ0v) is 12.3. The topological polar surface area (TPSA) is 78.6 Å². The number of para-hydroxylation sites is 2. The molecule has 1 aromatic heterocycles. The molecule has 0 saturated heterocycles. The van der Waals surface area contributed by atoms with Crippen LogP contribution in [-0.2, 0) is 0 Å². The molecule has 0 amide bonds. The van der Waals surface area contributed by atoms with Crippen LogP contribution in [-0.4, -0.2) is 15.8 Å². The molecule has 0 saturated carbocycles. The van der Waals surface area contributed by atoms with Crippen LogP contribution in [0, 0.1) is 5.41 Å². The van der Waals surface area contributed by atoms with Crippen LogP contribution in [0.2, 0.25) is 0 Å². The number of nitrogens with zero attached hydrogens (tertiary/aromatic N) is 1.